The van der Waals surface area contributed by atoms with Gasteiger partial charge in [0, 0.05) is 30.8 Å². The van der Waals surface area contributed by atoms with Crippen molar-refractivity contribution in [3.05, 3.63) is 53.5 Å². The van der Waals surface area contributed by atoms with Crippen molar-refractivity contribution in [1.82, 2.24) is 14.7 Å². The Hall–Kier alpha value is -2.43. The van der Waals surface area contributed by atoms with Crippen LogP contribution in [0.25, 0.3) is 10.8 Å². The van der Waals surface area contributed by atoms with Crippen molar-refractivity contribution < 1.29 is 4.79 Å². The van der Waals surface area contributed by atoms with Crippen LogP contribution in [0.4, 0.5) is 0 Å². The van der Waals surface area contributed by atoms with Gasteiger partial charge in [-0.3, -0.25) is 9.59 Å². The van der Waals surface area contributed by atoms with Crippen LogP contribution >= 0.6 is 0 Å². The zero-order chi connectivity index (χ0) is 14.8. The van der Waals surface area contributed by atoms with E-state index in [2.05, 4.69) is 11.7 Å². The second kappa shape index (κ2) is 5.52. The van der Waals surface area contributed by atoms with Crippen LogP contribution in [0.2, 0.25) is 0 Å². The summed E-state index contributed by atoms with van der Waals surface area (Å²) < 4.78 is 1.43. The first-order valence-electron chi connectivity index (χ1n) is 7.04. The van der Waals surface area contributed by atoms with Gasteiger partial charge in [-0.1, -0.05) is 24.3 Å². The van der Waals surface area contributed by atoms with E-state index in [1.165, 1.54) is 4.68 Å². The molecule has 1 fully saturated rings. The summed E-state index contributed by atoms with van der Waals surface area (Å²) in [6, 6.07) is 7.39. The summed E-state index contributed by atoms with van der Waals surface area (Å²) in [5.41, 5.74) is -0.111. The van der Waals surface area contributed by atoms with Gasteiger partial charge in [-0.05, 0) is 6.07 Å². The van der Waals surface area contributed by atoms with Crippen LogP contribution in [-0.4, -0.2) is 33.7 Å². The summed E-state index contributed by atoms with van der Waals surface area (Å²) in [4.78, 5) is 25.9. The van der Waals surface area contributed by atoms with Crippen molar-refractivity contribution in [3.63, 3.8) is 0 Å². The molecule has 0 radical (unpaired) electrons. The fraction of sp³-hybridized carbons (Fsp3) is 0.312. The summed E-state index contributed by atoms with van der Waals surface area (Å²) in [6.07, 6.45) is 4.02. The second-order valence-corrected chi connectivity index (χ2v) is 5.30. The van der Waals surface area contributed by atoms with Gasteiger partial charge in [0.1, 0.15) is 0 Å². The monoisotopic (exact) mass is 283 g/mol. The molecule has 5 heteroatoms. The highest BCUT2D eigenvalue weighted by Crippen LogP contribution is 2.18. The van der Waals surface area contributed by atoms with Crippen LogP contribution < -0.4 is 5.56 Å². The van der Waals surface area contributed by atoms with E-state index in [0.717, 1.165) is 5.39 Å². The second-order valence-electron chi connectivity index (χ2n) is 5.30. The Morgan fingerprint density at radius 1 is 1.29 bits per heavy atom. The molecule has 1 aromatic carbocycles. The molecule has 1 amide bonds. The van der Waals surface area contributed by atoms with Gasteiger partial charge >= 0.3 is 0 Å². The maximum Gasteiger partial charge on any atom is 0.274 e. The van der Waals surface area contributed by atoms with Gasteiger partial charge < -0.3 is 4.90 Å². The number of carbonyl (C=O) groups is 1. The maximum atomic E-state index is 12.3. The molecule has 1 aliphatic rings. The number of aromatic nitrogens is 2. The Morgan fingerprint density at radius 2 is 2.10 bits per heavy atom. The highest BCUT2D eigenvalue weighted by molar-refractivity contribution is 5.80. The van der Waals surface area contributed by atoms with E-state index in [9.17, 15) is 9.59 Å². The number of benzene rings is 1. The van der Waals surface area contributed by atoms with Crippen LogP contribution in [-0.2, 0) is 11.3 Å². The zero-order valence-corrected chi connectivity index (χ0v) is 11.7. The minimum absolute atomic E-state index is 0.111. The molecule has 0 N–H and O–H groups in total. The van der Waals surface area contributed by atoms with E-state index in [1.807, 2.05) is 24.3 Å². The van der Waals surface area contributed by atoms with Gasteiger partial charge in [0.2, 0.25) is 5.91 Å². The van der Waals surface area contributed by atoms with E-state index in [4.69, 9.17) is 0 Å². The lowest BCUT2D eigenvalue weighted by Crippen LogP contribution is -2.33. The van der Waals surface area contributed by atoms with Crippen LogP contribution in [0.15, 0.2) is 47.9 Å². The minimum atomic E-state index is -0.111. The smallest absolute Gasteiger partial charge is 0.274 e. The molecule has 0 aliphatic carbocycles. The van der Waals surface area contributed by atoms with Crippen molar-refractivity contribution in [2.45, 2.75) is 13.0 Å². The lowest BCUT2D eigenvalue weighted by molar-refractivity contribution is -0.127. The number of carbonyl (C=O) groups excluding carboxylic acids is 1. The van der Waals surface area contributed by atoms with Crippen molar-refractivity contribution in [2.75, 3.05) is 13.1 Å². The predicted octanol–water partition coefficient (Wildman–Crippen LogP) is 1.43. The highest BCUT2D eigenvalue weighted by atomic mass is 16.2. The van der Waals surface area contributed by atoms with Gasteiger partial charge in [-0.2, -0.15) is 5.10 Å². The number of rotatable bonds is 4. The lowest BCUT2D eigenvalue weighted by atomic mass is 10.1. The van der Waals surface area contributed by atoms with E-state index < -0.39 is 0 Å². The molecule has 1 aromatic heterocycles. The summed E-state index contributed by atoms with van der Waals surface area (Å²) in [5.74, 6) is 0.340. The van der Waals surface area contributed by atoms with Crippen molar-refractivity contribution in [1.29, 1.82) is 0 Å². The molecule has 108 valence electrons. The minimum Gasteiger partial charge on any atom is -0.340 e. The van der Waals surface area contributed by atoms with E-state index in [-0.39, 0.29) is 17.4 Å². The third-order valence-corrected chi connectivity index (χ3v) is 3.92. The number of likely N-dealkylation sites (tertiary alicyclic amines) is 1. The van der Waals surface area contributed by atoms with Crippen molar-refractivity contribution >= 4 is 16.7 Å². The molecule has 21 heavy (non-hydrogen) atoms. The molecule has 2 aromatic rings. The van der Waals surface area contributed by atoms with E-state index in [0.29, 0.717) is 31.4 Å². The Bertz CT molecular complexity index is 751. The highest BCUT2D eigenvalue weighted by Gasteiger charge is 2.27. The van der Waals surface area contributed by atoms with Crippen LogP contribution in [0.3, 0.4) is 0 Å². The third kappa shape index (κ3) is 2.59. The molecular weight excluding hydrogens is 266 g/mol. The quantitative estimate of drug-likeness (QED) is 0.798. The van der Waals surface area contributed by atoms with Gasteiger partial charge in [0.05, 0.1) is 18.1 Å². The summed E-state index contributed by atoms with van der Waals surface area (Å²) in [5, 5.41) is 5.67. The number of hydrogen-bond donors (Lipinski definition) is 0. The summed E-state index contributed by atoms with van der Waals surface area (Å²) in [7, 11) is 0. The molecule has 1 unspecified atom stereocenters. The largest absolute Gasteiger partial charge is 0.340 e. The van der Waals surface area contributed by atoms with Gasteiger partial charge in [0.25, 0.3) is 5.56 Å². The first kappa shape index (κ1) is 13.5. The lowest BCUT2D eigenvalue weighted by Gasteiger charge is -2.16. The van der Waals surface area contributed by atoms with Crippen LogP contribution in [0.5, 0.6) is 0 Å². The maximum absolute atomic E-state index is 12.3. The molecule has 1 aliphatic heterocycles. The molecule has 3 rings (SSSR count). The topological polar surface area (TPSA) is 55.2 Å². The average molecular weight is 283 g/mol. The SMILES string of the molecule is C=CC1CC(=O)N(CCn2ncc3ccccc3c2=O)C1. The van der Waals surface area contributed by atoms with Crippen molar-refractivity contribution in [3.8, 4) is 0 Å². The number of amides is 1. The molecule has 1 atom stereocenters. The van der Waals surface area contributed by atoms with Crippen molar-refractivity contribution in [2.24, 2.45) is 5.92 Å². The third-order valence-electron chi connectivity index (χ3n) is 3.92. The number of hydrogen-bond acceptors (Lipinski definition) is 3. The fourth-order valence-corrected chi connectivity index (χ4v) is 2.68. The summed E-state index contributed by atoms with van der Waals surface area (Å²) >= 11 is 0. The standard InChI is InChI=1S/C16H17N3O2/c1-2-12-9-15(20)18(11-12)7-8-19-16(21)14-6-4-3-5-13(14)10-17-19/h2-6,10,12H,1,7-9,11H2. The predicted molar refractivity (Wildman–Crippen MR) is 80.9 cm³/mol. The molecule has 1 saturated heterocycles. The zero-order valence-electron chi connectivity index (χ0n) is 11.7. The first-order valence-corrected chi connectivity index (χ1v) is 7.04. The average Bonchev–Trinajstić information content (AvgIpc) is 2.87. The Kier molecular flexibility index (Phi) is 3.56. The molecule has 0 bridgehead atoms. The molecule has 0 saturated carbocycles. The Labute approximate surface area is 122 Å². The van der Waals surface area contributed by atoms with Crippen LogP contribution in [0.1, 0.15) is 6.42 Å². The molecule has 2 heterocycles. The number of nitrogens with zero attached hydrogens (tertiary/aromatic N) is 3. The van der Waals surface area contributed by atoms with Gasteiger partial charge in [-0.25, -0.2) is 4.68 Å². The summed E-state index contributed by atoms with van der Waals surface area (Å²) in [6.45, 7) is 5.34. The van der Waals surface area contributed by atoms with E-state index >= 15 is 0 Å². The molecule has 0 spiro atoms. The van der Waals surface area contributed by atoms with E-state index in [1.54, 1.807) is 17.2 Å². The fourth-order valence-electron chi connectivity index (χ4n) is 2.68. The molecular formula is C16H17N3O2. The van der Waals surface area contributed by atoms with Gasteiger partial charge in [-0.15, -0.1) is 6.58 Å². The van der Waals surface area contributed by atoms with Crippen LogP contribution in [0, 0.1) is 5.92 Å². The number of fused-ring (bicyclic) bond motifs is 1. The first-order chi connectivity index (χ1) is 10.2. The normalized spacial score (nSPS) is 18.4. The molecule has 5 nitrogen and oxygen atoms in total. The van der Waals surface area contributed by atoms with Gasteiger partial charge in [0.15, 0.2) is 0 Å². The Morgan fingerprint density at radius 3 is 2.86 bits per heavy atom. The Balaban J connectivity index is 1.77.